The Labute approximate surface area is 177 Å². The summed E-state index contributed by atoms with van der Waals surface area (Å²) in [5.41, 5.74) is 10.4. The Morgan fingerprint density at radius 1 is 1.10 bits per heavy atom. The van der Waals surface area contributed by atoms with Crippen molar-refractivity contribution >= 4 is 45.8 Å². The molecule has 0 bridgehead atoms. The number of hydrogen-bond donors (Lipinski definition) is 2. The molecule has 8 heteroatoms. The van der Waals surface area contributed by atoms with E-state index in [0.29, 0.717) is 33.6 Å². The number of benzene rings is 2. The molecule has 0 radical (unpaired) electrons. The van der Waals surface area contributed by atoms with E-state index in [2.05, 4.69) is 20.4 Å². The third kappa shape index (κ3) is 3.40. The van der Waals surface area contributed by atoms with Crippen LogP contribution in [0.25, 0.3) is 22.2 Å². The molecule has 0 aliphatic heterocycles. The zero-order valence-electron chi connectivity index (χ0n) is 16.6. The van der Waals surface area contributed by atoms with Crippen molar-refractivity contribution in [3.05, 3.63) is 83.8 Å². The van der Waals surface area contributed by atoms with Crippen LogP contribution in [0.15, 0.2) is 76.4 Å². The van der Waals surface area contributed by atoms with Gasteiger partial charge in [0.25, 0.3) is 5.91 Å². The van der Waals surface area contributed by atoms with E-state index in [4.69, 9.17) is 10.2 Å². The molecule has 0 fully saturated rings. The van der Waals surface area contributed by atoms with Gasteiger partial charge in [0.15, 0.2) is 5.65 Å². The van der Waals surface area contributed by atoms with E-state index < -0.39 is 0 Å². The minimum atomic E-state index is -0.385. The van der Waals surface area contributed by atoms with Crippen LogP contribution in [-0.4, -0.2) is 26.8 Å². The average molecular weight is 410 g/mol. The van der Waals surface area contributed by atoms with E-state index in [1.54, 1.807) is 18.4 Å². The quantitative estimate of drug-likeness (QED) is 0.431. The molecule has 152 valence electrons. The first-order chi connectivity index (χ1) is 15.1. The van der Waals surface area contributed by atoms with E-state index in [-0.39, 0.29) is 17.3 Å². The lowest BCUT2D eigenvalue weighted by molar-refractivity contribution is 0.102. The van der Waals surface area contributed by atoms with E-state index in [1.165, 1.54) is 10.9 Å². The summed E-state index contributed by atoms with van der Waals surface area (Å²) in [4.78, 5) is 22.5. The summed E-state index contributed by atoms with van der Waals surface area (Å²) < 4.78 is 6.71. The Morgan fingerprint density at radius 2 is 1.90 bits per heavy atom. The lowest BCUT2D eigenvalue weighted by Gasteiger charge is -2.06. The molecular formula is C23H18N6O2. The molecule has 0 aliphatic carbocycles. The van der Waals surface area contributed by atoms with Crippen molar-refractivity contribution in [2.24, 2.45) is 5.10 Å². The maximum absolute atomic E-state index is 13.2. The number of carbonyl (C=O) groups is 1. The number of hydrogen-bond acceptors (Lipinski definition) is 6. The largest absolute Gasteiger partial charge is 0.463 e. The van der Waals surface area contributed by atoms with E-state index in [1.807, 2.05) is 55.5 Å². The van der Waals surface area contributed by atoms with Gasteiger partial charge in [0.05, 0.1) is 23.5 Å². The molecule has 1 amide bonds. The molecule has 2 aromatic carbocycles. The van der Waals surface area contributed by atoms with Crippen LogP contribution in [-0.2, 0) is 0 Å². The lowest BCUT2D eigenvalue weighted by atomic mass is 10.2. The van der Waals surface area contributed by atoms with Gasteiger partial charge in [0, 0.05) is 5.69 Å². The Bertz CT molecular complexity index is 1450. The summed E-state index contributed by atoms with van der Waals surface area (Å²) in [6.07, 6.45) is 3.06. The van der Waals surface area contributed by atoms with Crippen LogP contribution in [0.4, 0.5) is 11.5 Å². The number of furan rings is 1. The van der Waals surface area contributed by atoms with Crippen LogP contribution in [0, 0.1) is 6.92 Å². The molecule has 0 unspecified atom stereocenters. The number of fused-ring (bicyclic) bond motifs is 2. The summed E-state index contributed by atoms with van der Waals surface area (Å²) in [7, 11) is 0. The number of aryl methyl sites for hydroxylation is 1. The molecule has 0 atom stereocenters. The van der Waals surface area contributed by atoms with Crippen molar-refractivity contribution in [2.75, 3.05) is 11.1 Å². The van der Waals surface area contributed by atoms with Crippen molar-refractivity contribution in [2.45, 2.75) is 6.92 Å². The molecular weight excluding hydrogens is 392 g/mol. The van der Waals surface area contributed by atoms with Crippen molar-refractivity contribution in [3.63, 3.8) is 0 Å². The van der Waals surface area contributed by atoms with Crippen molar-refractivity contribution in [3.8, 4) is 0 Å². The van der Waals surface area contributed by atoms with E-state index in [0.717, 1.165) is 5.56 Å². The maximum Gasteiger partial charge on any atom is 0.261 e. The summed E-state index contributed by atoms with van der Waals surface area (Å²) >= 11 is 0. The second kappa shape index (κ2) is 7.42. The summed E-state index contributed by atoms with van der Waals surface area (Å²) in [5.74, 6) is 0.295. The second-order valence-corrected chi connectivity index (χ2v) is 7.04. The molecule has 3 aromatic heterocycles. The Kier molecular flexibility index (Phi) is 4.44. The predicted octanol–water partition coefficient (Wildman–Crippen LogP) is 4.20. The smallest absolute Gasteiger partial charge is 0.261 e. The highest BCUT2D eigenvalue weighted by molar-refractivity contribution is 6.16. The van der Waals surface area contributed by atoms with Gasteiger partial charge in [0.2, 0.25) is 0 Å². The second-order valence-electron chi connectivity index (χ2n) is 7.04. The number of rotatable bonds is 4. The molecule has 5 aromatic rings. The average Bonchev–Trinajstić information content (AvgIpc) is 3.36. The molecule has 0 saturated carbocycles. The predicted molar refractivity (Wildman–Crippen MR) is 120 cm³/mol. The van der Waals surface area contributed by atoms with Gasteiger partial charge in [-0.2, -0.15) is 9.78 Å². The molecule has 5 rings (SSSR count). The highest BCUT2D eigenvalue weighted by Gasteiger charge is 2.24. The number of nitrogens with one attached hydrogen (secondary N) is 1. The fraction of sp³-hybridized carbons (Fsp3) is 0.0435. The number of nitrogens with two attached hydrogens (primary N) is 1. The number of para-hydroxylation sites is 2. The fourth-order valence-corrected chi connectivity index (χ4v) is 3.38. The number of amides is 1. The number of aromatic nitrogens is 3. The van der Waals surface area contributed by atoms with Gasteiger partial charge >= 0.3 is 0 Å². The Morgan fingerprint density at radius 3 is 2.65 bits per heavy atom. The SMILES string of the molecule is Cc1cccc(NC(=O)c2c(N)n(/N=C\c3ccco3)c3nc4ccccc4nc23)c1. The van der Waals surface area contributed by atoms with Crippen molar-refractivity contribution < 1.29 is 9.21 Å². The van der Waals surface area contributed by atoms with Gasteiger partial charge in [-0.1, -0.05) is 24.3 Å². The normalized spacial score (nSPS) is 11.5. The highest BCUT2D eigenvalue weighted by atomic mass is 16.3. The Balaban J connectivity index is 1.68. The first kappa shape index (κ1) is 18.6. The van der Waals surface area contributed by atoms with Crippen molar-refractivity contribution in [1.29, 1.82) is 0 Å². The first-order valence-corrected chi connectivity index (χ1v) is 9.63. The summed E-state index contributed by atoms with van der Waals surface area (Å²) in [6, 6.07) is 18.5. The number of carbonyl (C=O) groups excluding carboxylic acids is 1. The molecule has 0 saturated heterocycles. The van der Waals surface area contributed by atoms with Gasteiger partial charge in [-0.05, 0) is 48.9 Å². The fourth-order valence-electron chi connectivity index (χ4n) is 3.38. The maximum atomic E-state index is 13.2. The first-order valence-electron chi connectivity index (χ1n) is 9.63. The highest BCUT2D eigenvalue weighted by Crippen LogP contribution is 2.28. The number of anilines is 2. The zero-order chi connectivity index (χ0) is 21.4. The number of nitrogen functional groups attached to an aromatic ring is 1. The van der Waals surface area contributed by atoms with Crippen LogP contribution >= 0.6 is 0 Å². The molecule has 3 heterocycles. The summed E-state index contributed by atoms with van der Waals surface area (Å²) in [6.45, 7) is 1.96. The van der Waals surface area contributed by atoms with E-state index in [9.17, 15) is 4.79 Å². The molecule has 8 nitrogen and oxygen atoms in total. The van der Waals surface area contributed by atoms with Gasteiger partial charge in [-0.25, -0.2) is 9.97 Å². The lowest BCUT2D eigenvalue weighted by Crippen LogP contribution is -2.14. The topological polar surface area (TPSA) is 111 Å². The van der Waals surface area contributed by atoms with Crippen LogP contribution in [0.1, 0.15) is 21.7 Å². The van der Waals surface area contributed by atoms with Crippen LogP contribution in [0.5, 0.6) is 0 Å². The summed E-state index contributed by atoms with van der Waals surface area (Å²) in [5, 5.41) is 7.29. The van der Waals surface area contributed by atoms with Crippen LogP contribution in [0.3, 0.4) is 0 Å². The molecule has 0 aliphatic rings. The minimum absolute atomic E-state index is 0.137. The monoisotopic (exact) mass is 410 g/mol. The van der Waals surface area contributed by atoms with Crippen molar-refractivity contribution in [1.82, 2.24) is 14.6 Å². The third-order valence-corrected chi connectivity index (χ3v) is 4.82. The van der Waals surface area contributed by atoms with Gasteiger partial charge in [0.1, 0.15) is 22.7 Å². The number of nitrogens with zero attached hydrogens (tertiary/aromatic N) is 4. The standard InChI is InChI=1S/C23H18N6O2/c1-14-6-4-7-15(12-14)26-23(30)19-20-22(28-18-10-3-2-9-17(18)27-20)29(21(19)24)25-13-16-8-5-11-31-16/h2-13H,24H2,1H3,(H,26,30)/b25-13-. The van der Waals surface area contributed by atoms with Gasteiger partial charge < -0.3 is 15.5 Å². The molecule has 0 spiro atoms. The molecule has 31 heavy (non-hydrogen) atoms. The van der Waals surface area contributed by atoms with Gasteiger partial charge in [-0.3, -0.25) is 4.79 Å². The molecule has 3 N–H and O–H groups in total. The third-order valence-electron chi connectivity index (χ3n) is 4.82. The van der Waals surface area contributed by atoms with Crippen LogP contribution in [0.2, 0.25) is 0 Å². The zero-order valence-corrected chi connectivity index (χ0v) is 16.6. The van der Waals surface area contributed by atoms with E-state index >= 15 is 0 Å². The van der Waals surface area contributed by atoms with Gasteiger partial charge in [-0.15, -0.1) is 0 Å². The minimum Gasteiger partial charge on any atom is -0.463 e. The Hall–Kier alpha value is -4.46. The van der Waals surface area contributed by atoms with Crippen LogP contribution < -0.4 is 11.1 Å².